The molecule has 1 saturated heterocycles. The molecule has 0 N–H and O–H groups in total. The molecular formula is C12H22N4. The minimum Gasteiger partial charge on any atom is -0.303 e. The van der Waals surface area contributed by atoms with Gasteiger partial charge in [0.2, 0.25) is 0 Å². The summed E-state index contributed by atoms with van der Waals surface area (Å²) >= 11 is 0. The van der Waals surface area contributed by atoms with Gasteiger partial charge in [0.15, 0.2) is 0 Å². The van der Waals surface area contributed by atoms with Crippen LogP contribution in [0.2, 0.25) is 0 Å². The van der Waals surface area contributed by atoms with Crippen LogP contribution in [-0.4, -0.2) is 39.5 Å². The summed E-state index contributed by atoms with van der Waals surface area (Å²) in [7, 11) is 0. The van der Waals surface area contributed by atoms with Gasteiger partial charge in [-0.05, 0) is 25.3 Å². The minimum absolute atomic E-state index is 0.476. The highest BCUT2D eigenvalue weighted by molar-refractivity contribution is 4.99. The molecule has 0 bridgehead atoms. The van der Waals surface area contributed by atoms with Crippen molar-refractivity contribution in [2.24, 2.45) is 0 Å². The van der Waals surface area contributed by atoms with Crippen molar-refractivity contribution in [2.45, 2.75) is 45.6 Å². The highest BCUT2D eigenvalue weighted by atomic mass is 15.4. The summed E-state index contributed by atoms with van der Waals surface area (Å²) < 4.78 is 2.07. The van der Waals surface area contributed by atoms with Crippen molar-refractivity contribution in [3.05, 3.63) is 11.9 Å². The Morgan fingerprint density at radius 2 is 2.06 bits per heavy atom. The second-order valence-corrected chi connectivity index (χ2v) is 4.94. The van der Waals surface area contributed by atoms with Crippen molar-refractivity contribution in [3.8, 4) is 0 Å². The van der Waals surface area contributed by atoms with Crippen LogP contribution in [0, 0.1) is 0 Å². The van der Waals surface area contributed by atoms with Crippen molar-refractivity contribution >= 4 is 0 Å². The van der Waals surface area contributed by atoms with E-state index in [-0.39, 0.29) is 0 Å². The molecule has 0 atom stereocenters. The Kier molecular flexibility index (Phi) is 3.59. The highest BCUT2D eigenvalue weighted by Gasteiger charge is 2.20. The van der Waals surface area contributed by atoms with E-state index in [1.54, 1.807) is 0 Å². The van der Waals surface area contributed by atoms with Crippen LogP contribution < -0.4 is 0 Å². The Balaban J connectivity index is 1.97. The van der Waals surface area contributed by atoms with Crippen LogP contribution in [0.25, 0.3) is 0 Å². The molecule has 2 heterocycles. The lowest BCUT2D eigenvalue weighted by Gasteiger charge is -2.30. The van der Waals surface area contributed by atoms with Crippen molar-refractivity contribution in [1.29, 1.82) is 0 Å². The molecular weight excluding hydrogens is 200 g/mol. The van der Waals surface area contributed by atoms with E-state index in [4.69, 9.17) is 0 Å². The highest BCUT2D eigenvalue weighted by Crippen LogP contribution is 2.22. The molecule has 1 aromatic heterocycles. The summed E-state index contributed by atoms with van der Waals surface area (Å²) in [5, 5.41) is 8.49. The van der Waals surface area contributed by atoms with Crippen LogP contribution >= 0.6 is 0 Å². The van der Waals surface area contributed by atoms with Gasteiger partial charge in [-0.15, -0.1) is 5.10 Å². The molecule has 0 aliphatic carbocycles. The first-order valence-corrected chi connectivity index (χ1v) is 6.34. The number of piperidine rings is 1. The monoisotopic (exact) mass is 222 g/mol. The lowest BCUT2D eigenvalue weighted by Crippen LogP contribution is -2.34. The molecule has 0 unspecified atom stereocenters. The summed E-state index contributed by atoms with van der Waals surface area (Å²) in [5.74, 6) is 0.476. The lowest BCUT2D eigenvalue weighted by molar-refractivity contribution is 0.186. The number of nitrogens with zero attached hydrogens (tertiary/aromatic N) is 4. The number of hydrogen-bond donors (Lipinski definition) is 0. The van der Waals surface area contributed by atoms with Gasteiger partial charge in [0.05, 0.1) is 11.7 Å². The molecule has 2 rings (SSSR count). The maximum Gasteiger partial charge on any atom is 0.0852 e. The van der Waals surface area contributed by atoms with Crippen LogP contribution in [0.3, 0.4) is 0 Å². The molecule has 0 amide bonds. The predicted molar refractivity (Wildman–Crippen MR) is 64.5 cm³/mol. The van der Waals surface area contributed by atoms with Gasteiger partial charge in [0, 0.05) is 19.3 Å². The zero-order chi connectivity index (χ0) is 11.5. The summed E-state index contributed by atoms with van der Waals surface area (Å²) in [5.41, 5.74) is 1.11. The Morgan fingerprint density at radius 1 is 1.38 bits per heavy atom. The maximum atomic E-state index is 4.26. The van der Waals surface area contributed by atoms with E-state index in [2.05, 4.69) is 46.9 Å². The zero-order valence-electron chi connectivity index (χ0n) is 10.6. The van der Waals surface area contributed by atoms with Crippen molar-refractivity contribution in [1.82, 2.24) is 19.9 Å². The average Bonchev–Trinajstić information content (AvgIpc) is 2.78. The zero-order valence-corrected chi connectivity index (χ0v) is 10.6. The van der Waals surface area contributed by atoms with E-state index < -0.39 is 0 Å². The summed E-state index contributed by atoms with van der Waals surface area (Å²) in [6.07, 6.45) is 4.53. The van der Waals surface area contributed by atoms with Crippen molar-refractivity contribution in [3.63, 3.8) is 0 Å². The summed E-state index contributed by atoms with van der Waals surface area (Å²) in [6, 6.07) is 0.558. The van der Waals surface area contributed by atoms with Crippen molar-refractivity contribution < 1.29 is 0 Å². The fraction of sp³-hybridized carbons (Fsp3) is 0.833. The van der Waals surface area contributed by atoms with Crippen molar-refractivity contribution in [2.75, 3.05) is 19.6 Å². The second kappa shape index (κ2) is 4.95. The van der Waals surface area contributed by atoms with E-state index in [9.17, 15) is 0 Å². The standard InChI is InChI=1S/C12H22N4/c1-4-15-7-5-11(6-8-15)16-9-12(10(2)3)13-14-16/h9-11H,4-8H2,1-3H3. The molecule has 90 valence electrons. The first-order chi connectivity index (χ1) is 7.70. The summed E-state index contributed by atoms with van der Waals surface area (Å²) in [6.45, 7) is 10.1. The fourth-order valence-electron chi connectivity index (χ4n) is 2.23. The molecule has 4 nitrogen and oxygen atoms in total. The molecule has 0 spiro atoms. The molecule has 1 aliphatic rings. The van der Waals surface area contributed by atoms with E-state index in [0.29, 0.717) is 12.0 Å². The number of rotatable bonds is 3. The van der Waals surface area contributed by atoms with E-state index in [1.807, 2.05) is 0 Å². The largest absolute Gasteiger partial charge is 0.303 e. The topological polar surface area (TPSA) is 34.0 Å². The number of likely N-dealkylation sites (tertiary alicyclic amines) is 1. The van der Waals surface area contributed by atoms with E-state index >= 15 is 0 Å². The van der Waals surface area contributed by atoms with E-state index in [1.165, 1.54) is 32.5 Å². The van der Waals surface area contributed by atoms with Crippen LogP contribution in [0.4, 0.5) is 0 Å². The van der Waals surface area contributed by atoms with E-state index in [0.717, 1.165) is 5.69 Å². The van der Waals surface area contributed by atoms with Gasteiger partial charge < -0.3 is 4.90 Å². The Bertz CT molecular complexity index is 324. The van der Waals surface area contributed by atoms with Crippen LogP contribution in [0.1, 0.15) is 51.3 Å². The smallest absolute Gasteiger partial charge is 0.0852 e. The average molecular weight is 222 g/mol. The van der Waals surface area contributed by atoms with Crippen LogP contribution in [0.15, 0.2) is 6.20 Å². The fourth-order valence-corrected chi connectivity index (χ4v) is 2.23. The second-order valence-electron chi connectivity index (χ2n) is 4.94. The predicted octanol–water partition coefficient (Wildman–Crippen LogP) is 2.06. The van der Waals surface area contributed by atoms with Gasteiger partial charge in [0.1, 0.15) is 0 Å². The third-order valence-corrected chi connectivity index (χ3v) is 3.50. The first-order valence-electron chi connectivity index (χ1n) is 6.34. The Hall–Kier alpha value is -0.900. The number of aromatic nitrogens is 3. The Morgan fingerprint density at radius 3 is 2.56 bits per heavy atom. The molecule has 0 saturated carbocycles. The van der Waals surface area contributed by atoms with Gasteiger partial charge in [-0.1, -0.05) is 26.0 Å². The third kappa shape index (κ3) is 2.43. The van der Waals surface area contributed by atoms with Gasteiger partial charge in [-0.2, -0.15) is 0 Å². The SMILES string of the molecule is CCN1CCC(n2cc(C(C)C)nn2)CC1. The normalized spacial score (nSPS) is 19.5. The van der Waals surface area contributed by atoms with Crippen LogP contribution in [0.5, 0.6) is 0 Å². The molecule has 16 heavy (non-hydrogen) atoms. The third-order valence-electron chi connectivity index (χ3n) is 3.50. The molecule has 0 radical (unpaired) electrons. The van der Waals surface area contributed by atoms with Gasteiger partial charge in [-0.25, -0.2) is 4.68 Å². The number of hydrogen-bond acceptors (Lipinski definition) is 3. The van der Waals surface area contributed by atoms with Crippen LogP contribution in [-0.2, 0) is 0 Å². The van der Waals surface area contributed by atoms with Gasteiger partial charge in [0.25, 0.3) is 0 Å². The quantitative estimate of drug-likeness (QED) is 0.785. The molecule has 1 fully saturated rings. The molecule has 1 aliphatic heterocycles. The van der Waals surface area contributed by atoms with Gasteiger partial charge >= 0.3 is 0 Å². The lowest BCUT2D eigenvalue weighted by atomic mass is 10.1. The maximum absolute atomic E-state index is 4.26. The van der Waals surface area contributed by atoms with Gasteiger partial charge in [-0.3, -0.25) is 0 Å². The first kappa shape index (κ1) is 11.6. The minimum atomic E-state index is 0.476. The summed E-state index contributed by atoms with van der Waals surface area (Å²) in [4.78, 5) is 2.50. The molecule has 1 aromatic rings. The molecule has 4 heteroatoms. The molecule has 0 aromatic carbocycles. The Labute approximate surface area is 97.6 Å².